The summed E-state index contributed by atoms with van der Waals surface area (Å²) in [6.45, 7) is 9.37. The standard InChI is InChI=1S/C35H44N4O6S2/c1-6-19-37(34(41)45-23-28-15-11-8-12-16-28)32(35(3,4)5)33(40)38(22-27-13-9-7-10-14-27)39(42)21-26(2)24-47(43,44)29-17-18-30-31(20-29)46-25-36-30/h7-18,20,25-26,32,42H,6,19,21-24H2,1-5H3/t26?,32-/m0/s1. The van der Waals surface area contributed by atoms with E-state index in [1.165, 1.54) is 21.2 Å². The number of carbonyl (C=O) groups is 2. The van der Waals surface area contributed by atoms with Crippen LogP contribution in [0.5, 0.6) is 0 Å². The van der Waals surface area contributed by atoms with Gasteiger partial charge in [-0.25, -0.2) is 23.2 Å². The Morgan fingerprint density at radius 3 is 2.23 bits per heavy atom. The van der Waals surface area contributed by atoms with Gasteiger partial charge in [-0.2, -0.15) is 0 Å². The van der Waals surface area contributed by atoms with Crippen LogP contribution < -0.4 is 0 Å². The molecule has 4 rings (SSSR count). The fraction of sp³-hybridized carbons (Fsp3) is 0.400. The number of ether oxygens (including phenoxy) is 1. The number of carbonyl (C=O) groups excluding carboxylic acids is 2. The number of sulfone groups is 1. The van der Waals surface area contributed by atoms with Gasteiger partial charge in [0.25, 0.3) is 5.91 Å². The average Bonchev–Trinajstić information content (AvgIpc) is 3.50. The quantitative estimate of drug-likeness (QED) is 0.144. The van der Waals surface area contributed by atoms with Gasteiger partial charge in [-0.15, -0.1) is 11.3 Å². The maximum absolute atomic E-state index is 14.6. The molecule has 1 aromatic heterocycles. The monoisotopic (exact) mass is 680 g/mol. The molecule has 10 nitrogen and oxygen atoms in total. The van der Waals surface area contributed by atoms with Gasteiger partial charge in [0, 0.05) is 13.1 Å². The summed E-state index contributed by atoms with van der Waals surface area (Å²) < 4.78 is 33.2. The van der Waals surface area contributed by atoms with Crippen molar-refractivity contribution in [1.29, 1.82) is 0 Å². The molecule has 2 atom stereocenters. The van der Waals surface area contributed by atoms with Crippen LogP contribution in [0.15, 0.2) is 89.3 Å². The number of nitrogens with zero attached hydrogens (tertiary/aromatic N) is 4. The summed E-state index contributed by atoms with van der Waals surface area (Å²) >= 11 is 1.36. The lowest BCUT2D eigenvalue weighted by Gasteiger charge is -2.42. The van der Waals surface area contributed by atoms with Crippen molar-refractivity contribution in [1.82, 2.24) is 20.1 Å². The Labute approximate surface area is 281 Å². The fourth-order valence-electron chi connectivity index (χ4n) is 5.44. The van der Waals surface area contributed by atoms with E-state index >= 15 is 0 Å². The number of fused-ring (bicyclic) bond motifs is 1. The predicted octanol–water partition coefficient (Wildman–Crippen LogP) is 6.80. The number of hydrogen-bond donors (Lipinski definition) is 1. The smallest absolute Gasteiger partial charge is 0.410 e. The number of hydroxylamine groups is 1. The lowest BCUT2D eigenvalue weighted by Crippen LogP contribution is -2.60. The van der Waals surface area contributed by atoms with Crippen LogP contribution in [0.1, 0.15) is 52.2 Å². The molecule has 1 heterocycles. The summed E-state index contributed by atoms with van der Waals surface area (Å²) in [5.41, 5.74) is 3.21. The predicted molar refractivity (Wildman–Crippen MR) is 183 cm³/mol. The van der Waals surface area contributed by atoms with Gasteiger partial charge in [0.1, 0.15) is 12.6 Å². The van der Waals surface area contributed by atoms with Crippen molar-refractivity contribution >= 4 is 43.4 Å². The lowest BCUT2D eigenvalue weighted by atomic mass is 9.84. The van der Waals surface area contributed by atoms with Crippen LogP contribution >= 0.6 is 11.3 Å². The number of amides is 2. The van der Waals surface area contributed by atoms with Gasteiger partial charge in [-0.3, -0.25) is 14.9 Å². The van der Waals surface area contributed by atoms with Crippen molar-refractivity contribution in [2.45, 2.75) is 65.1 Å². The highest BCUT2D eigenvalue weighted by Crippen LogP contribution is 2.29. The second-order valence-corrected chi connectivity index (χ2v) is 15.7. The van der Waals surface area contributed by atoms with Crippen molar-refractivity contribution in [2.24, 2.45) is 11.3 Å². The van der Waals surface area contributed by atoms with Crippen molar-refractivity contribution in [2.75, 3.05) is 18.8 Å². The highest BCUT2D eigenvalue weighted by atomic mass is 32.2. The normalized spacial score (nSPS) is 13.3. The van der Waals surface area contributed by atoms with Crippen LogP contribution in [0, 0.1) is 11.3 Å². The maximum atomic E-state index is 14.6. The lowest BCUT2D eigenvalue weighted by molar-refractivity contribution is -0.252. The van der Waals surface area contributed by atoms with Gasteiger partial charge in [0.15, 0.2) is 9.84 Å². The molecule has 252 valence electrons. The molecule has 0 radical (unpaired) electrons. The van der Waals surface area contributed by atoms with Crippen LogP contribution in [0.3, 0.4) is 0 Å². The number of thiazole rings is 1. The molecule has 4 aromatic rings. The Hall–Kier alpha value is -3.84. The Kier molecular flexibility index (Phi) is 12.1. The molecule has 0 saturated heterocycles. The van der Waals surface area contributed by atoms with Gasteiger partial charge in [-0.05, 0) is 47.1 Å². The first-order valence-electron chi connectivity index (χ1n) is 15.6. The van der Waals surface area contributed by atoms with E-state index in [1.807, 2.05) is 88.4 Å². The molecule has 3 aromatic carbocycles. The number of hydrogen-bond acceptors (Lipinski definition) is 9. The molecule has 1 unspecified atom stereocenters. The topological polar surface area (TPSA) is 120 Å². The van der Waals surface area contributed by atoms with E-state index in [1.54, 1.807) is 30.6 Å². The fourth-order valence-corrected chi connectivity index (χ4v) is 7.85. The zero-order valence-electron chi connectivity index (χ0n) is 27.6. The van der Waals surface area contributed by atoms with Crippen molar-refractivity contribution in [3.8, 4) is 0 Å². The largest absolute Gasteiger partial charge is 0.445 e. The van der Waals surface area contributed by atoms with Crippen LogP contribution in [0.2, 0.25) is 0 Å². The van der Waals surface area contributed by atoms with Gasteiger partial charge < -0.3 is 4.74 Å². The molecule has 0 aliphatic carbocycles. The minimum atomic E-state index is -3.71. The third-order valence-corrected chi connectivity index (χ3v) is 10.4. The average molecular weight is 681 g/mol. The van der Waals surface area contributed by atoms with Gasteiger partial charge in [0.2, 0.25) is 0 Å². The molecule has 0 aliphatic rings. The second kappa shape index (κ2) is 15.8. The molecule has 0 spiro atoms. The van der Waals surface area contributed by atoms with Crippen LogP contribution in [-0.4, -0.2) is 70.6 Å². The van der Waals surface area contributed by atoms with E-state index in [2.05, 4.69) is 4.98 Å². The number of aromatic nitrogens is 1. The summed E-state index contributed by atoms with van der Waals surface area (Å²) in [4.78, 5) is 34.0. The van der Waals surface area contributed by atoms with Gasteiger partial charge in [-0.1, -0.05) is 100 Å². The number of benzene rings is 3. The van der Waals surface area contributed by atoms with E-state index in [9.17, 15) is 23.2 Å². The molecule has 0 bridgehead atoms. The van der Waals surface area contributed by atoms with E-state index in [0.29, 0.717) is 6.42 Å². The van der Waals surface area contributed by atoms with Gasteiger partial charge in [0.05, 0.1) is 32.9 Å². The SMILES string of the molecule is CCCN(C(=O)OCc1ccccc1)[C@@H](C(=O)N(Cc1ccccc1)N(O)CC(C)CS(=O)(=O)c1ccc2ncsc2c1)C(C)(C)C. The van der Waals surface area contributed by atoms with Gasteiger partial charge >= 0.3 is 6.09 Å². The molecule has 0 aliphatic heterocycles. The highest BCUT2D eigenvalue weighted by molar-refractivity contribution is 7.91. The third-order valence-electron chi connectivity index (χ3n) is 7.62. The van der Waals surface area contributed by atoms with E-state index in [4.69, 9.17) is 4.74 Å². The zero-order valence-corrected chi connectivity index (χ0v) is 29.2. The maximum Gasteiger partial charge on any atom is 0.410 e. The molecule has 1 N–H and O–H groups in total. The Balaban J connectivity index is 1.58. The summed E-state index contributed by atoms with van der Waals surface area (Å²) in [6, 6.07) is 22.3. The molecular formula is C35H44N4O6S2. The highest BCUT2D eigenvalue weighted by Gasteiger charge is 2.43. The molecule has 2 amide bonds. The minimum Gasteiger partial charge on any atom is -0.445 e. The zero-order chi connectivity index (χ0) is 34.2. The summed E-state index contributed by atoms with van der Waals surface area (Å²) in [7, 11) is -3.71. The van der Waals surface area contributed by atoms with Crippen molar-refractivity contribution < 1.29 is 28.0 Å². The minimum absolute atomic E-state index is 0.00327. The van der Waals surface area contributed by atoms with E-state index < -0.39 is 39.2 Å². The molecular weight excluding hydrogens is 637 g/mol. The first kappa shape index (κ1) is 36.0. The third kappa shape index (κ3) is 9.60. The molecule has 0 fully saturated rings. The van der Waals surface area contributed by atoms with Crippen LogP contribution in [0.25, 0.3) is 10.2 Å². The summed E-state index contributed by atoms with van der Waals surface area (Å²) in [5.74, 6) is -1.33. The first-order chi connectivity index (χ1) is 22.3. The molecule has 0 saturated carbocycles. The Morgan fingerprint density at radius 2 is 1.62 bits per heavy atom. The van der Waals surface area contributed by atoms with Crippen molar-refractivity contribution in [3.05, 3.63) is 95.5 Å². The first-order valence-corrected chi connectivity index (χ1v) is 18.2. The Morgan fingerprint density at radius 1 is 0.979 bits per heavy atom. The number of rotatable bonds is 14. The van der Waals surface area contributed by atoms with E-state index in [0.717, 1.165) is 26.5 Å². The van der Waals surface area contributed by atoms with E-state index in [-0.39, 0.29) is 36.9 Å². The Bertz CT molecular complexity index is 1730. The number of hydrazine groups is 1. The summed E-state index contributed by atoms with van der Waals surface area (Å²) in [6.07, 6.45) is -0.0603. The van der Waals surface area contributed by atoms with Crippen LogP contribution in [-0.2, 0) is 32.5 Å². The summed E-state index contributed by atoms with van der Waals surface area (Å²) in [5, 5.41) is 13.5. The van der Waals surface area contributed by atoms with Crippen molar-refractivity contribution in [3.63, 3.8) is 0 Å². The second-order valence-electron chi connectivity index (χ2n) is 12.8. The van der Waals surface area contributed by atoms with Crippen LogP contribution in [0.4, 0.5) is 4.79 Å². The molecule has 47 heavy (non-hydrogen) atoms. The molecule has 12 heteroatoms.